The van der Waals surface area contributed by atoms with Gasteiger partial charge >= 0.3 is 0 Å². The highest BCUT2D eigenvalue weighted by molar-refractivity contribution is 6.06. The monoisotopic (exact) mass is 333 g/mol. The average molecular weight is 333 g/mol. The second-order valence-electron chi connectivity index (χ2n) is 6.11. The Hall–Kier alpha value is -3.08. The van der Waals surface area contributed by atoms with E-state index in [0.29, 0.717) is 12.2 Å². The van der Waals surface area contributed by atoms with Crippen LogP contribution in [0, 0.1) is 0 Å². The average Bonchev–Trinajstić information content (AvgIpc) is 3.25. The van der Waals surface area contributed by atoms with Gasteiger partial charge in [0.25, 0.3) is 5.91 Å². The molecular weight excluding hydrogens is 314 g/mol. The highest BCUT2D eigenvalue weighted by Crippen LogP contribution is 2.30. The Bertz CT molecular complexity index is 946. The zero-order valence-corrected chi connectivity index (χ0v) is 14.3. The molecule has 0 aliphatic carbocycles. The molecule has 0 fully saturated rings. The van der Waals surface area contributed by atoms with Crippen molar-refractivity contribution in [3.05, 3.63) is 65.9 Å². The molecule has 0 atom stereocenters. The number of ether oxygens (including phenoxy) is 1. The van der Waals surface area contributed by atoms with E-state index in [2.05, 4.69) is 11.2 Å². The molecule has 1 aliphatic heterocycles. The first-order chi connectivity index (χ1) is 12.2. The zero-order chi connectivity index (χ0) is 17.4. The number of nitrogens with zero attached hydrogens (tertiary/aromatic N) is 3. The molecule has 0 N–H and O–H groups in total. The Balaban J connectivity index is 1.68. The molecule has 126 valence electrons. The van der Waals surface area contributed by atoms with Crippen molar-refractivity contribution in [1.82, 2.24) is 9.78 Å². The smallest absolute Gasteiger partial charge is 0.276 e. The Kier molecular flexibility index (Phi) is 3.76. The van der Waals surface area contributed by atoms with E-state index in [1.54, 1.807) is 18.8 Å². The van der Waals surface area contributed by atoms with Gasteiger partial charge in [-0.3, -0.25) is 9.48 Å². The molecule has 5 heteroatoms. The van der Waals surface area contributed by atoms with Crippen molar-refractivity contribution in [3.63, 3.8) is 0 Å². The number of hydrogen-bond donors (Lipinski definition) is 0. The van der Waals surface area contributed by atoms with Gasteiger partial charge in [0.05, 0.1) is 12.8 Å². The first-order valence-electron chi connectivity index (χ1n) is 8.25. The predicted octanol–water partition coefficient (Wildman–Crippen LogP) is 3.30. The summed E-state index contributed by atoms with van der Waals surface area (Å²) in [5, 5.41) is 4.52. The first kappa shape index (κ1) is 15.4. The van der Waals surface area contributed by atoms with Gasteiger partial charge in [0, 0.05) is 24.8 Å². The molecule has 0 radical (unpaired) electrons. The van der Waals surface area contributed by atoms with Crippen LogP contribution in [0.1, 0.15) is 16.1 Å². The van der Waals surface area contributed by atoms with E-state index in [-0.39, 0.29) is 5.91 Å². The largest absolute Gasteiger partial charge is 0.497 e. The summed E-state index contributed by atoms with van der Waals surface area (Å²) in [6, 6.07) is 17.6. The van der Waals surface area contributed by atoms with E-state index in [9.17, 15) is 4.79 Å². The topological polar surface area (TPSA) is 47.4 Å². The van der Waals surface area contributed by atoms with Gasteiger partial charge in [0.1, 0.15) is 11.4 Å². The van der Waals surface area contributed by atoms with Gasteiger partial charge in [-0.2, -0.15) is 5.10 Å². The van der Waals surface area contributed by atoms with Gasteiger partial charge in [0.15, 0.2) is 0 Å². The highest BCUT2D eigenvalue weighted by Gasteiger charge is 2.27. The highest BCUT2D eigenvalue weighted by atomic mass is 16.5. The normalized spacial score (nSPS) is 13.0. The van der Waals surface area contributed by atoms with E-state index in [1.807, 2.05) is 53.4 Å². The van der Waals surface area contributed by atoms with Gasteiger partial charge in [-0.05, 0) is 36.2 Å². The molecular formula is C20H19N3O2. The number of aromatic nitrogens is 2. The van der Waals surface area contributed by atoms with Crippen molar-refractivity contribution in [3.8, 4) is 17.0 Å². The van der Waals surface area contributed by atoms with Crippen LogP contribution in [0.3, 0.4) is 0 Å². The Labute approximate surface area is 146 Å². The third kappa shape index (κ3) is 2.67. The first-order valence-corrected chi connectivity index (χ1v) is 8.25. The maximum Gasteiger partial charge on any atom is 0.276 e. The fraction of sp³-hybridized carbons (Fsp3) is 0.200. The molecule has 4 rings (SSSR count). The third-order valence-corrected chi connectivity index (χ3v) is 4.60. The maximum absolute atomic E-state index is 13.0. The van der Waals surface area contributed by atoms with E-state index in [0.717, 1.165) is 29.1 Å². The SMILES string of the molecule is COc1cccc(-c2cc(C(=O)N3CCc4ccccc43)n(C)n2)c1. The lowest BCUT2D eigenvalue weighted by Crippen LogP contribution is -2.30. The van der Waals surface area contributed by atoms with Gasteiger partial charge < -0.3 is 9.64 Å². The molecule has 5 nitrogen and oxygen atoms in total. The minimum atomic E-state index is -0.0194. The summed E-state index contributed by atoms with van der Waals surface area (Å²) < 4.78 is 6.92. The fourth-order valence-electron chi connectivity index (χ4n) is 3.28. The van der Waals surface area contributed by atoms with Crippen LogP contribution in [0.5, 0.6) is 5.75 Å². The quantitative estimate of drug-likeness (QED) is 0.739. The summed E-state index contributed by atoms with van der Waals surface area (Å²) in [6.45, 7) is 0.706. The number of carbonyl (C=O) groups is 1. The van der Waals surface area contributed by atoms with Crippen LogP contribution in [0.25, 0.3) is 11.3 Å². The number of amides is 1. The van der Waals surface area contributed by atoms with Crippen LogP contribution in [0.15, 0.2) is 54.6 Å². The molecule has 0 saturated heterocycles. The molecule has 0 unspecified atom stereocenters. The lowest BCUT2D eigenvalue weighted by Gasteiger charge is -2.16. The molecule has 25 heavy (non-hydrogen) atoms. The number of anilines is 1. The summed E-state index contributed by atoms with van der Waals surface area (Å²) >= 11 is 0. The maximum atomic E-state index is 13.0. The van der Waals surface area contributed by atoms with Crippen molar-refractivity contribution in [1.29, 1.82) is 0 Å². The van der Waals surface area contributed by atoms with Crippen molar-refractivity contribution >= 4 is 11.6 Å². The second-order valence-corrected chi connectivity index (χ2v) is 6.11. The molecule has 1 amide bonds. The molecule has 1 aliphatic rings. The minimum absolute atomic E-state index is 0.0194. The molecule has 0 spiro atoms. The number of hydrogen-bond acceptors (Lipinski definition) is 3. The summed E-state index contributed by atoms with van der Waals surface area (Å²) in [4.78, 5) is 14.9. The minimum Gasteiger partial charge on any atom is -0.497 e. The van der Waals surface area contributed by atoms with Gasteiger partial charge in [0.2, 0.25) is 0 Å². The van der Waals surface area contributed by atoms with Crippen LogP contribution < -0.4 is 9.64 Å². The summed E-state index contributed by atoms with van der Waals surface area (Å²) in [7, 11) is 3.44. The van der Waals surface area contributed by atoms with Crippen molar-refractivity contribution < 1.29 is 9.53 Å². The third-order valence-electron chi connectivity index (χ3n) is 4.60. The lowest BCUT2D eigenvalue weighted by molar-refractivity contribution is 0.0980. The number of carbonyl (C=O) groups excluding carboxylic acids is 1. The lowest BCUT2D eigenvalue weighted by atomic mass is 10.1. The van der Waals surface area contributed by atoms with Gasteiger partial charge in [-0.25, -0.2) is 0 Å². The number of rotatable bonds is 3. The Morgan fingerprint density at radius 1 is 1.12 bits per heavy atom. The Morgan fingerprint density at radius 3 is 2.80 bits per heavy atom. The number of fused-ring (bicyclic) bond motifs is 1. The molecule has 0 bridgehead atoms. The van der Waals surface area contributed by atoms with Crippen LogP contribution in [-0.2, 0) is 13.5 Å². The zero-order valence-electron chi connectivity index (χ0n) is 14.3. The van der Waals surface area contributed by atoms with Crippen molar-refractivity contribution in [2.24, 2.45) is 7.05 Å². The standard InChI is InChI=1S/C20H19N3O2/c1-22-19(13-17(21-22)15-7-5-8-16(12-15)25-2)20(24)23-11-10-14-6-3-4-9-18(14)23/h3-9,12-13H,10-11H2,1-2H3. The number of benzene rings is 2. The van der Waals surface area contributed by atoms with Gasteiger partial charge in [-0.1, -0.05) is 30.3 Å². The molecule has 1 aromatic heterocycles. The van der Waals surface area contributed by atoms with Crippen molar-refractivity contribution in [2.75, 3.05) is 18.6 Å². The summed E-state index contributed by atoms with van der Waals surface area (Å²) in [5.74, 6) is 0.749. The molecule has 2 aromatic carbocycles. The predicted molar refractivity (Wildman–Crippen MR) is 97.0 cm³/mol. The number of para-hydroxylation sites is 1. The fourth-order valence-corrected chi connectivity index (χ4v) is 3.28. The van der Waals surface area contributed by atoms with Crippen LogP contribution in [0.2, 0.25) is 0 Å². The van der Waals surface area contributed by atoms with Crippen LogP contribution in [0.4, 0.5) is 5.69 Å². The molecule has 3 aromatic rings. The van der Waals surface area contributed by atoms with E-state index >= 15 is 0 Å². The van der Waals surface area contributed by atoms with Gasteiger partial charge in [-0.15, -0.1) is 0 Å². The van der Waals surface area contributed by atoms with Crippen molar-refractivity contribution in [2.45, 2.75) is 6.42 Å². The van der Waals surface area contributed by atoms with Crippen LogP contribution >= 0.6 is 0 Å². The molecule has 0 saturated carbocycles. The molecule has 2 heterocycles. The second kappa shape index (κ2) is 6.09. The number of aryl methyl sites for hydroxylation is 1. The van der Waals surface area contributed by atoms with Crippen LogP contribution in [-0.4, -0.2) is 29.3 Å². The Morgan fingerprint density at radius 2 is 1.96 bits per heavy atom. The van der Waals surface area contributed by atoms with E-state index in [4.69, 9.17) is 4.74 Å². The summed E-state index contributed by atoms with van der Waals surface area (Å²) in [6.07, 6.45) is 0.891. The number of methoxy groups -OCH3 is 1. The summed E-state index contributed by atoms with van der Waals surface area (Å²) in [5.41, 5.74) is 4.48. The van der Waals surface area contributed by atoms with E-state index in [1.165, 1.54) is 5.56 Å². The van der Waals surface area contributed by atoms with E-state index < -0.39 is 0 Å².